The molecule has 2 heterocycles. The Morgan fingerprint density at radius 1 is 1.29 bits per heavy atom. The van der Waals surface area contributed by atoms with Crippen molar-refractivity contribution in [3.63, 3.8) is 0 Å². The summed E-state index contributed by atoms with van der Waals surface area (Å²) in [5.41, 5.74) is 2.89. The zero-order valence-corrected chi connectivity index (χ0v) is 15.4. The highest BCUT2D eigenvalue weighted by molar-refractivity contribution is 7.11. The number of guanidine groups is 1. The first kappa shape index (κ1) is 17.0. The summed E-state index contributed by atoms with van der Waals surface area (Å²) in [4.78, 5) is 13.0. The second-order valence-corrected chi connectivity index (χ2v) is 7.20. The number of aliphatic imine (C=N–C) groups is 1. The lowest BCUT2D eigenvalue weighted by molar-refractivity contribution is 0.379. The number of hydrogen-bond donors (Lipinski definition) is 1. The molecule has 4 nitrogen and oxygen atoms in total. The average Bonchev–Trinajstić information content (AvgIpc) is 3.08. The predicted molar refractivity (Wildman–Crippen MR) is 102 cm³/mol. The van der Waals surface area contributed by atoms with Crippen LogP contribution >= 0.6 is 11.3 Å². The van der Waals surface area contributed by atoms with Crippen LogP contribution in [0.25, 0.3) is 0 Å². The molecule has 128 valence electrons. The third-order valence-electron chi connectivity index (χ3n) is 4.30. The molecular formula is C19H26N4S. The van der Waals surface area contributed by atoms with Crippen molar-refractivity contribution in [1.29, 1.82) is 0 Å². The molecule has 2 aromatic rings. The van der Waals surface area contributed by atoms with Gasteiger partial charge in [-0.3, -0.25) is 4.99 Å². The fourth-order valence-electron chi connectivity index (χ4n) is 2.99. The van der Waals surface area contributed by atoms with Gasteiger partial charge in [-0.15, -0.1) is 11.3 Å². The van der Waals surface area contributed by atoms with Gasteiger partial charge in [0.1, 0.15) is 0 Å². The van der Waals surface area contributed by atoms with Gasteiger partial charge >= 0.3 is 0 Å². The maximum Gasteiger partial charge on any atom is 0.194 e. The summed E-state index contributed by atoms with van der Waals surface area (Å²) in [7, 11) is 0. The number of rotatable bonds is 5. The standard InChI is InChI=1S/C19H26N4S/c1-3-17-13-22-18(24-17)9-11-21-19(20-4-2)23-12-10-15-7-5-6-8-16(15)14-23/h5-8,13H,3-4,9-12,14H2,1-2H3,(H,20,21). The topological polar surface area (TPSA) is 40.5 Å². The molecule has 0 bridgehead atoms. The van der Waals surface area contributed by atoms with E-state index in [-0.39, 0.29) is 0 Å². The van der Waals surface area contributed by atoms with Crippen LogP contribution in [0.15, 0.2) is 35.5 Å². The van der Waals surface area contributed by atoms with Crippen LogP contribution in [0.3, 0.4) is 0 Å². The van der Waals surface area contributed by atoms with Crippen LogP contribution in [0, 0.1) is 0 Å². The van der Waals surface area contributed by atoms with Crippen LogP contribution < -0.4 is 5.32 Å². The monoisotopic (exact) mass is 342 g/mol. The molecule has 0 amide bonds. The highest BCUT2D eigenvalue weighted by Gasteiger charge is 2.18. The Morgan fingerprint density at radius 2 is 2.12 bits per heavy atom. The number of fused-ring (bicyclic) bond motifs is 1. The summed E-state index contributed by atoms with van der Waals surface area (Å²) >= 11 is 1.81. The predicted octanol–water partition coefficient (Wildman–Crippen LogP) is 3.27. The number of aromatic nitrogens is 1. The molecule has 24 heavy (non-hydrogen) atoms. The molecular weight excluding hydrogens is 316 g/mol. The van der Waals surface area contributed by atoms with Crippen molar-refractivity contribution >= 4 is 17.3 Å². The maximum atomic E-state index is 4.84. The molecule has 0 aliphatic carbocycles. The van der Waals surface area contributed by atoms with Crippen molar-refractivity contribution in [2.75, 3.05) is 19.6 Å². The van der Waals surface area contributed by atoms with Crippen molar-refractivity contribution in [1.82, 2.24) is 15.2 Å². The molecule has 0 fully saturated rings. The molecule has 3 rings (SSSR count). The smallest absolute Gasteiger partial charge is 0.194 e. The van der Waals surface area contributed by atoms with Crippen LogP contribution in [0.2, 0.25) is 0 Å². The minimum Gasteiger partial charge on any atom is -0.357 e. The minimum absolute atomic E-state index is 0.789. The molecule has 0 saturated carbocycles. The van der Waals surface area contributed by atoms with Crippen LogP contribution in [-0.4, -0.2) is 35.5 Å². The Labute approximate surface area is 148 Å². The molecule has 0 spiro atoms. The lowest BCUT2D eigenvalue weighted by Gasteiger charge is -2.31. The molecule has 0 saturated heterocycles. The number of nitrogens with one attached hydrogen (secondary N) is 1. The molecule has 0 unspecified atom stereocenters. The van der Waals surface area contributed by atoms with Gasteiger partial charge < -0.3 is 10.2 Å². The Hall–Kier alpha value is -1.88. The maximum absolute atomic E-state index is 4.84. The highest BCUT2D eigenvalue weighted by atomic mass is 32.1. The van der Waals surface area contributed by atoms with E-state index in [1.54, 1.807) is 0 Å². The first-order valence-corrected chi connectivity index (χ1v) is 9.65. The van der Waals surface area contributed by atoms with Crippen molar-refractivity contribution < 1.29 is 0 Å². The lowest BCUT2D eigenvalue weighted by Crippen LogP contribution is -2.44. The highest BCUT2D eigenvalue weighted by Crippen LogP contribution is 2.18. The summed E-state index contributed by atoms with van der Waals surface area (Å²) in [5.74, 6) is 1.03. The number of aryl methyl sites for hydroxylation is 1. The first-order chi connectivity index (χ1) is 11.8. The molecule has 1 aliphatic heterocycles. The van der Waals surface area contributed by atoms with Gasteiger partial charge in [-0.1, -0.05) is 31.2 Å². The Kier molecular flexibility index (Phi) is 5.86. The van der Waals surface area contributed by atoms with E-state index in [4.69, 9.17) is 4.99 Å². The fraction of sp³-hybridized carbons (Fsp3) is 0.474. The van der Waals surface area contributed by atoms with Gasteiger partial charge in [-0.05, 0) is 30.9 Å². The fourth-order valence-corrected chi connectivity index (χ4v) is 3.84. The van der Waals surface area contributed by atoms with Gasteiger partial charge in [-0.2, -0.15) is 0 Å². The van der Waals surface area contributed by atoms with Gasteiger partial charge in [-0.25, -0.2) is 4.98 Å². The van der Waals surface area contributed by atoms with Crippen LogP contribution in [0.1, 0.15) is 34.9 Å². The normalized spacial score (nSPS) is 14.6. The summed E-state index contributed by atoms with van der Waals surface area (Å²) < 4.78 is 0. The molecule has 1 aromatic heterocycles. The molecule has 1 N–H and O–H groups in total. The van der Waals surface area contributed by atoms with Crippen LogP contribution in [0.4, 0.5) is 0 Å². The number of nitrogens with zero attached hydrogens (tertiary/aromatic N) is 3. The van der Waals surface area contributed by atoms with Gasteiger partial charge in [0.15, 0.2) is 5.96 Å². The van der Waals surface area contributed by atoms with E-state index >= 15 is 0 Å². The molecule has 5 heteroatoms. The van der Waals surface area contributed by atoms with E-state index in [2.05, 4.69) is 53.3 Å². The quantitative estimate of drug-likeness (QED) is 0.670. The second kappa shape index (κ2) is 8.29. The Bertz CT molecular complexity index is 692. The van der Waals surface area contributed by atoms with Gasteiger partial charge in [0.25, 0.3) is 0 Å². The minimum atomic E-state index is 0.789. The second-order valence-electron chi connectivity index (χ2n) is 6.00. The summed E-state index contributed by atoms with van der Waals surface area (Å²) in [6, 6.07) is 8.73. The summed E-state index contributed by atoms with van der Waals surface area (Å²) in [5, 5.41) is 4.63. The van der Waals surface area contributed by atoms with E-state index in [1.807, 2.05) is 17.5 Å². The van der Waals surface area contributed by atoms with Crippen molar-refractivity contribution in [2.45, 2.75) is 39.7 Å². The Balaban J connectivity index is 1.63. The summed E-state index contributed by atoms with van der Waals surface area (Å²) in [6.45, 7) is 7.96. The van der Waals surface area contributed by atoms with E-state index in [0.29, 0.717) is 0 Å². The van der Waals surface area contributed by atoms with E-state index in [1.165, 1.54) is 21.0 Å². The average molecular weight is 343 g/mol. The van der Waals surface area contributed by atoms with Gasteiger partial charge in [0, 0.05) is 43.7 Å². The number of hydrogen-bond acceptors (Lipinski definition) is 3. The largest absolute Gasteiger partial charge is 0.357 e. The molecule has 0 atom stereocenters. The van der Waals surface area contributed by atoms with Crippen molar-refractivity contribution in [3.8, 4) is 0 Å². The van der Waals surface area contributed by atoms with Gasteiger partial charge in [0.05, 0.1) is 5.01 Å². The lowest BCUT2D eigenvalue weighted by atomic mass is 10.0. The van der Waals surface area contributed by atoms with E-state index in [9.17, 15) is 0 Å². The molecule has 1 aromatic carbocycles. The zero-order valence-electron chi connectivity index (χ0n) is 14.6. The summed E-state index contributed by atoms with van der Waals surface area (Å²) in [6.07, 6.45) is 5.07. The SMILES string of the molecule is CCNC(=NCCc1ncc(CC)s1)N1CCc2ccccc2C1. The van der Waals surface area contributed by atoms with Crippen LogP contribution in [-0.2, 0) is 25.8 Å². The Morgan fingerprint density at radius 3 is 2.88 bits per heavy atom. The zero-order chi connectivity index (χ0) is 16.8. The van der Waals surface area contributed by atoms with Gasteiger partial charge in [0.2, 0.25) is 0 Å². The third-order valence-corrected chi connectivity index (χ3v) is 5.50. The number of benzene rings is 1. The third kappa shape index (κ3) is 4.15. The van der Waals surface area contributed by atoms with Crippen LogP contribution in [0.5, 0.6) is 0 Å². The molecule has 0 radical (unpaired) electrons. The van der Waals surface area contributed by atoms with E-state index in [0.717, 1.165) is 51.4 Å². The number of thiazole rings is 1. The first-order valence-electron chi connectivity index (χ1n) is 8.83. The van der Waals surface area contributed by atoms with E-state index < -0.39 is 0 Å². The molecule has 1 aliphatic rings. The van der Waals surface area contributed by atoms with Crippen molar-refractivity contribution in [2.24, 2.45) is 4.99 Å². The van der Waals surface area contributed by atoms with Crippen molar-refractivity contribution in [3.05, 3.63) is 51.5 Å².